The lowest BCUT2D eigenvalue weighted by Crippen LogP contribution is -2.58. The lowest BCUT2D eigenvalue weighted by atomic mass is 10.0. The van der Waals surface area contributed by atoms with E-state index in [2.05, 4.69) is 33.9 Å². The SMILES string of the molecule is CC(=O)N1CC(C)N(c2cccc(-c3cc(-c4ccnn4CC(F)(F)F)c4c(N)ncnn34)c2)C(C)C1. The van der Waals surface area contributed by atoms with E-state index in [1.54, 1.807) is 17.5 Å². The number of fused-ring (bicyclic) bond motifs is 1. The predicted molar refractivity (Wildman–Crippen MR) is 134 cm³/mol. The van der Waals surface area contributed by atoms with Gasteiger partial charge in [0.05, 0.1) is 11.4 Å². The van der Waals surface area contributed by atoms with Crippen molar-refractivity contribution in [1.82, 2.24) is 29.3 Å². The number of aromatic nitrogens is 5. The number of nitrogens with zero attached hydrogens (tertiary/aromatic N) is 7. The van der Waals surface area contributed by atoms with Gasteiger partial charge in [0.25, 0.3) is 0 Å². The fourth-order valence-electron chi connectivity index (χ4n) is 5.24. The van der Waals surface area contributed by atoms with Gasteiger partial charge in [-0.1, -0.05) is 12.1 Å². The molecular weight excluding hydrogens is 485 g/mol. The number of hydrogen-bond acceptors (Lipinski definition) is 6. The van der Waals surface area contributed by atoms with Crippen LogP contribution in [0.1, 0.15) is 20.8 Å². The molecule has 0 saturated carbocycles. The zero-order valence-electron chi connectivity index (χ0n) is 20.6. The van der Waals surface area contributed by atoms with Crippen molar-refractivity contribution in [2.45, 2.75) is 45.6 Å². The smallest absolute Gasteiger partial charge is 0.382 e. The molecule has 0 radical (unpaired) electrons. The number of carbonyl (C=O) groups excluding carboxylic acids is 1. The van der Waals surface area contributed by atoms with E-state index in [-0.39, 0.29) is 29.5 Å². The summed E-state index contributed by atoms with van der Waals surface area (Å²) < 4.78 is 42.1. The zero-order chi connectivity index (χ0) is 26.5. The zero-order valence-corrected chi connectivity index (χ0v) is 20.6. The number of nitrogens with two attached hydrogens (primary N) is 1. The van der Waals surface area contributed by atoms with E-state index in [0.717, 1.165) is 15.9 Å². The van der Waals surface area contributed by atoms with Gasteiger partial charge in [0.1, 0.15) is 18.4 Å². The molecule has 1 aliphatic heterocycles. The van der Waals surface area contributed by atoms with Crippen LogP contribution in [0.2, 0.25) is 0 Å². The van der Waals surface area contributed by atoms with Gasteiger partial charge in [-0.2, -0.15) is 23.4 Å². The first-order valence-corrected chi connectivity index (χ1v) is 11.9. The summed E-state index contributed by atoms with van der Waals surface area (Å²) in [6.45, 7) is 5.76. The molecule has 194 valence electrons. The third-order valence-corrected chi connectivity index (χ3v) is 6.71. The van der Waals surface area contributed by atoms with Gasteiger partial charge >= 0.3 is 6.18 Å². The molecule has 9 nitrogen and oxygen atoms in total. The van der Waals surface area contributed by atoms with Crippen molar-refractivity contribution < 1.29 is 18.0 Å². The minimum atomic E-state index is -4.44. The fraction of sp³-hybridized carbons (Fsp3) is 0.360. The van der Waals surface area contributed by atoms with Crippen LogP contribution in [-0.4, -0.2) is 66.5 Å². The third kappa shape index (κ3) is 4.58. The normalized spacial score (nSPS) is 18.5. The van der Waals surface area contributed by atoms with E-state index in [1.807, 2.05) is 29.2 Å². The van der Waals surface area contributed by atoms with E-state index < -0.39 is 12.7 Å². The van der Waals surface area contributed by atoms with Gasteiger partial charge in [-0.25, -0.2) is 9.50 Å². The number of carbonyl (C=O) groups is 1. The van der Waals surface area contributed by atoms with Crippen LogP contribution >= 0.6 is 0 Å². The molecule has 2 unspecified atom stereocenters. The molecule has 4 aromatic rings. The molecule has 3 aromatic heterocycles. The van der Waals surface area contributed by atoms with Crippen LogP contribution in [0.15, 0.2) is 48.9 Å². The number of alkyl halides is 3. The number of halogens is 3. The predicted octanol–water partition coefficient (Wildman–Crippen LogP) is 3.85. The summed E-state index contributed by atoms with van der Waals surface area (Å²) in [7, 11) is 0. The van der Waals surface area contributed by atoms with Crippen LogP contribution in [0.4, 0.5) is 24.7 Å². The van der Waals surface area contributed by atoms with Crippen molar-refractivity contribution in [1.29, 1.82) is 0 Å². The first-order chi connectivity index (χ1) is 17.5. The average Bonchev–Trinajstić information content (AvgIpc) is 3.42. The van der Waals surface area contributed by atoms with Crippen LogP contribution in [0.25, 0.3) is 28.0 Å². The quantitative estimate of drug-likeness (QED) is 0.446. The van der Waals surface area contributed by atoms with E-state index in [9.17, 15) is 18.0 Å². The molecule has 0 spiro atoms. The summed E-state index contributed by atoms with van der Waals surface area (Å²) in [6, 6.07) is 11.4. The number of rotatable bonds is 4. The fourth-order valence-corrected chi connectivity index (χ4v) is 5.24. The van der Waals surface area contributed by atoms with Crippen molar-refractivity contribution in [3.05, 3.63) is 48.9 Å². The van der Waals surface area contributed by atoms with Crippen molar-refractivity contribution in [3.63, 3.8) is 0 Å². The number of anilines is 2. The molecule has 1 fully saturated rings. The largest absolute Gasteiger partial charge is 0.408 e. The summed E-state index contributed by atoms with van der Waals surface area (Å²) >= 11 is 0. The number of piperazine rings is 1. The van der Waals surface area contributed by atoms with Crippen LogP contribution in [-0.2, 0) is 11.3 Å². The molecule has 12 heteroatoms. The molecule has 2 atom stereocenters. The summed E-state index contributed by atoms with van der Waals surface area (Å²) in [4.78, 5) is 20.1. The summed E-state index contributed by atoms with van der Waals surface area (Å²) in [5.74, 6) is 0.205. The first-order valence-electron chi connectivity index (χ1n) is 11.9. The van der Waals surface area contributed by atoms with Crippen molar-refractivity contribution in [2.24, 2.45) is 0 Å². The maximum absolute atomic E-state index is 13.2. The number of amides is 1. The summed E-state index contributed by atoms with van der Waals surface area (Å²) in [6.07, 6.45) is -1.79. The van der Waals surface area contributed by atoms with E-state index in [1.165, 1.54) is 18.6 Å². The molecular formula is C25H27F3N8O. The second-order valence-electron chi connectivity index (χ2n) is 9.42. The number of benzene rings is 1. The average molecular weight is 513 g/mol. The lowest BCUT2D eigenvalue weighted by Gasteiger charge is -2.45. The number of nitrogen functional groups attached to an aromatic ring is 1. The molecule has 1 aromatic carbocycles. The molecule has 1 saturated heterocycles. The Morgan fingerprint density at radius 3 is 2.49 bits per heavy atom. The standard InChI is InChI=1S/C25H27F3N8O/c1-15-11-33(17(3)37)12-16(2)35(15)19-6-4-5-18(9-19)22-10-20(23-24(29)30-14-32-36(22)23)21-7-8-31-34(21)13-25(26,27)28/h4-10,14-16H,11-13H2,1-3H3,(H2,29,30,32). The maximum Gasteiger partial charge on any atom is 0.408 e. The molecule has 2 N–H and O–H groups in total. The van der Waals surface area contributed by atoms with E-state index in [0.29, 0.717) is 29.9 Å². The number of hydrogen-bond donors (Lipinski definition) is 1. The topological polar surface area (TPSA) is 97.6 Å². The van der Waals surface area contributed by atoms with Gasteiger partial charge in [-0.05, 0) is 38.1 Å². The Morgan fingerprint density at radius 2 is 1.81 bits per heavy atom. The van der Waals surface area contributed by atoms with Crippen molar-refractivity contribution in [2.75, 3.05) is 23.7 Å². The molecule has 0 aliphatic carbocycles. The van der Waals surface area contributed by atoms with Gasteiger partial charge in [-0.3, -0.25) is 9.48 Å². The van der Waals surface area contributed by atoms with Gasteiger partial charge < -0.3 is 15.5 Å². The molecule has 5 rings (SSSR count). The van der Waals surface area contributed by atoms with E-state index in [4.69, 9.17) is 5.73 Å². The molecule has 4 heterocycles. The van der Waals surface area contributed by atoms with Crippen molar-refractivity contribution in [3.8, 4) is 22.5 Å². The Bertz CT molecular complexity index is 1450. The van der Waals surface area contributed by atoms with Crippen LogP contribution in [0.3, 0.4) is 0 Å². The Morgan fingerprint density at radius 1 is 1.08 bits per heavy atom. The highest BCUT2D eigenvalue weighted by Crippen LogP contribution is 2.37. The van der Waals surface area contributed by atoms with Gasteiger partial charge in [0.15, 0.2) is 5.82 Å². The van der Waals surface area contributed by atoms with Gasteiger partial charge in [0.2, 0.25) is 5.91 Å². The Kier molecular flexibility index (Phi) is 6.04. The lowest BCUT2D eigenvalue weighted by molar-refractivity contribution is -0.142. The Hall–Kier alpha value is -4.09. The highest BCUT2D eigenvalue weighted by molar-refractivity contribution is 5.91. The summed E-state index contributed by atoms with van der Waals surface area (Å²) in [5, 5.41) is 8.25. The van der Waals surface area contributed by atoms with E-state index >= 15 is 0 Å². The Labute approximate surface area is 211 Å². The van der Waals surface area contributed by atoms with Gasteiger partial charge in [0, 0.05) is 55.1 Å². The molecule has 1 aliphatic rings. The van der Waals surface area contributed by atoms with Crippen LogP contribution in [0.5, 0.6) is 0 Å². The first kappa shape index (κ1) is 24.6. The highest BCUT2D eigenvalue weighted by atomic mass is 19.4. The minimum Gasteiger partial charge on any atom is -0.382 e. The highest BCUT2D eigenvalue weighted by Gasteiger charge is 2.32. The van der Waals surface area contributed by atoms with Crippen LogP contribution < -0.4 is 10.6 Å². The second kappa shape index (κ2) is 9.09. The molecule has 37 heavy (non-hydrogen) atoms. The summed E-state index contributed by atoms with van der Waals surface area (Å²) in [5.41, 5.74) is 9.76. The minimum absolute atomic E-state index is 0.0568. The second-order valence-corrected chi connectivity index (χ2v) is 9.42. The van der Waals surface area contributed by atoms with Gasteiger partial charge in [-0.15, -0.1) is 0 Å². The van der Waals surface area contributed by atoms with Crippen molar-refractivity contribution >= 4 is 22.9 Å². The Balaban J connectivity index is 1.60. The molecule has 1 amide bonds. The maximum atomic E-state index is 13.2. The third-order valence-electron chi connectivity index (χ3n) is 6.71. The molecule has 0 bridgehead atoms. The van der Waals surface area contributed by atoms with Crippen LogP contribution in [0, 0.1) is 0 Å². The monoisotopic (exact) mass is 512 g/mol.